The lowest BCUT2D eigenvalue weighted by molar-refractivity contribution is -0.133. The van der Waals surface area contributed by atoms with Gasteiger partial charge in [0.05, 0.1) is 37.0 Å². The van der Waals surface area contributed by atoms with Crippen LogP contribution in [-0.4, -0.2) is 52.6 Å². The number of nitrogens with one attached hydrogen (secondary N) is 2. The fourth-order valence-electron chi connectivity index (χ4n) is 2.59. The molecule has 148 valence electrons. The topological polar surface area (TPSA) is 87.3 Å². The summed E-state index contributed by atoms with van der Waals surface area (Å²) in [6.45, 7) is 2.88. The fourth-order valence-corrected chi connectivity index (χ4v) is 4.02. The number of thiophene rings is 1. The van der Waals surface area contributed by atoms with E-state index >= 15 is 0 Å². The molecule has 2 heterocycles. The van der Waals surface area contributed by atoms with Crippen molar-refractivity contribution in [1.29, 1.82) is 0 Å². The molecule has 2 amide bonds. The molecule has 0 spiro atoms. The van der Waals surface area contributed by atoms with E-state index in [0.717, 1.165) is 21.7 Å². The van der Waals surface area contributed by atoms with Crippen LogP contribution in [0.25, 0.3) is 11.0 Å². The molecule has 7 nitrogen and oxygen atoms in total. The molecule has 0 atom stereocenters. The molecule has 0 saturated carbocycles. The van der Waals surface area contributed by atoms with Crippen molar-refractivity contribution in [2.75, 3.05) is 26.0 Å². The average molecular weight is 419 g/mol. The third kappa shape index (κ3) is 5.26. The first-order valence-corrected chi connectivity index (χ1v) is 10.7. The third-order valence-electron chi connectivity index (χ3n) is 4.11. The van der Waals surface area contributed by atoms with Crippen LogP contribution in [0.5, 0.6) is 5.75 Å². The predicted octanol–water partition coefficient (Wildman–Crippen LogP) is 2.89. The molecule has 0 aliphatic heterocycles. The van der Waals surface area contributed by atoms with Crippen LogP contribution in [0.3, 0.4) is 0 Å². The van der Waals surface area contributed by atoms with Crippen LogP contribution in [0.1, 0.15) is 11.8 Å². The molecular formula is C19H22N4O3S2. The number of hydrogen-bond acceptors (Lipinski definition) is 6. The molecule has 0 saturated heterocycles. The van der Waals surface area contributed by atoms with Crippen LogP contribution in [0.2, 0.25) is 0 Å². The molecule has 1 aromatic carbocycles. The van der Waals surface area contributed by atoms with E-state index in [0.29, 0.717) is 18.2 Å². The Labute approximate surface area is 171 Å². The molecule has 0 bridgehead atoms. The second-order valence-electron chi connectivity index (χ2n) is 5.98. The van der Waals surface area contributed by atoms with E-state index in [2.05, 4.69) is 15.3 Å². The van der Waals surface area contributed by atoms with Crippen molar-refractivity contribution < 1.29 is 14.3 Å². The molecule has 9 heteroatoms. The Balaban J connectivity index is 1.51. The molecule has 2 N–H and O–H groups in total. The van der Waals surface area contributed by atoms with E-state index in [1.54, 1.807) is 23.3 Å². The van der Waals surface area contributed by atoms with E-state index in [4.69, 9.17) is 4.74 Å². The molecule has 0 aliphatic rings. The number of aromatic amines is 1. The maximum absolute atomic E-state index is 12.5. The van der Waals surface area contributed by atoms with Gasteiger partial charge in [0.2, 0.25) is 11.8 Å². The van der Waals surface area contributed by atoms with Gasteiger partial charge in [-0.2, -0.15) is 0 Å². The first-order valence-electron chi connectivity index (χ1n) is 8.82. The van der Waals surface area contributed by atoms with Crippen LogP contribution in [-0.2, 0) is 16.1 Å². The van der Waals surface area contributed by atoms with Gasteiger partial charge in [0.15, 0.2) is 5.16 Å². The number of thioether (sulfide) groups is 1. The summed E-state index contributed by atoms with van der Waals surface area (Å²) in [6.07, 6.45) is 0. The first-order chi connectivity index (χ1) is 13.6. The molecule has 0 fully saturated rings. The summed E-state index contributed by atoms with van der Waals surface area (Å²) in [4.78, 5) is 34.9. The highest BCUT2D eigenvalue weighted by atomic mass is 32.2. The van der Waals surface area contributed by atoms with Crippen molar-refractivity contribution in [3.8, 4) is 5.75 Å². The smallest absolute Gasteiger partial charge is 0.239 e. The molecule has 2 aromatic heterocycles. The normalized spacial score (nSPS) is 10.8. The minimum absolute atomic E-state index is 0.0542. The number of nitrogens with zero attached hydrogens (tertiary/aromatic N) is 2. The van der Waals surface area contributed by atoms with Gasteiger partial charge in [-0.25, -0.2) is 4.98 Å². The maximum atomic E-state index is 12.5. The summed E-state index contributed by atoms with van der Waals surface area (Å²) < 4.78 is 5.20. The highest BCUT2D eigenvalue weighted by Crippen LogP contribution is 2.23. The second kappa shape index (κ2) is 9.61. The molecule has 0 unspecified atom stereocenters. The number of H-pyrrole nitrogens is 1. The number of carbonyl (C=O) groups excluding carboxylic acids is 2. The van der Waals surface area contributed by atoms with Crippen molar-refractivity contribution in [2.45, 2.75) is 18.6 Å². The van der Waals surface area contributed by atoms with Crippen molar-refractivity contribution >= 4 is 45.9 Å². The maximum Gasteiger partial charge on any atom is 0.239 e. The van der Waals surface area contributed by atoms with Crippen LogP contribution >= 0.6 is 23.1 Å². The Hall–Kier alpha value is -2.52. The van der Waals surface area contributed by atoms with Crippen molar-refractivity contribution in [1.82, 2.24) is 20.2 Å². The van der Waals surface area contributed by atoms with Crippen LogP contribution in [0.4, 0.5) is 0 Å². The number of fused-ring (bicyclic) bond motifs is 1. The Morgan fingerprint density at radius 2 is 2.21 bits per heavy atom. The SMILES string of the molecule is CCN(CC(=O)NCc1cccs1)C(=O)CSc1nc2ccc(OC)cc2[nH]1. The molecule has 3 rings (SSSR count). The number of rotatable bonds is 9. The number of methoxy groups -OCH3 is 1. The van der Waals surface area contributed by atoms with Gasteiger partial charge in [0.25, 0.3) is 0 Å². The number of carbonyl (C=O) groups is 2. The Kier molecular flexibility index (Phi) is 6.94. The van der Waals surface area contributed by atoms with Crippen LogP contribution in [0, 0.1) is 0 Å². The minimum atomic E-state index is -0.163. The van der Waals surface area contributed by atoms with Crippen molar-refractivity contribution in [2.24, 2.45) is 0 Å². The Bertz CT molecular complexity index is 940. The lowest BCUT2D eigenvalue weighted by atomic mass is 10.3. The molecule has 0 aliphatic carbocycles. The van der Waals surface area contributed by atoms with Crippen molar-refractivity contribution in [3.05, 3.63) is 40.6 Å². The van der Waals surface area contributed by atoms with Gasteiger partial charge in [-0.3, -0.25) is 9.59 Å². The monoisotopic (exact) mass is 418 g/mol. The summed E-state index contributed by atoms with van der Waals surface area (Å²) >= 11 is 2.91. The number of aromatic nitrogens is 2. The summed E-state index contributed by atoms with van der Waals surface area (Å²) in [7, 11) is 1.61. The zero-order valence-electron chi connectivity index (χ0n) is 15.7. The molecule has 0 radical (unpaired) electrons. The zero-order chi connectivity index (χ0) is 19.9. The number of likely N-dealkylation sites (N-methyl/N-ethyl adjacent to an activating group) is 1. The van der Waals surface area contributed by atoms with E-state index in [9.17, 15) is 9.59 Å². The van der Waals surface area contributed by atoms with Crippen molar-refractivity contribution in [3.63, 3.8) is 0 Å². The predicted molar refractivity (Wildman–Crippen MR) is 112 cm³/mol. The number of ether oxygens (including phenoxy) is 1. The number of amides is 2. The average Bonchev–Trinajstić information content (AvgIpc) is 3.37. The summed E-state index contributed by atoms with van der Waals surface area (Å²) in [5.74, 6) is 0.693. The van der Waals surface area contributed by atoms with E-state index < -0.39 is 0 Å². The number of benzene rings is 1. The zero-order valence-corrected chi connectivity index (χ0v) is 17.4. The Morgan fingerprint density at radius 3 is 2.93 bits per heavy atom. The second-order valence-corrected chi connectivity index (χ2v) is 7.97. The number of imidazole rings is 1. The van der Waals surface area contributed by atoms with Crippen LogP contribution in [0.15, 0.2) is 40.9 Å². The van der Waals surface area contributed by atoms with Gasteiger partial charge >= 0.3 is 0 Å². The fraction of sp³-hybridized carbons (Fsp3) is 0.316. The standard InChI is InChI=1S/C19H22N4O3S2/c1-3-23(11-17(24)20-10-14-5-4-8-27-14)18(25)12-28-19-21-15-7-6-13(26-2)9-16(15)22-19/h4-9H,3,10-12H2,1-2H3,(H,20,24)(H,21,22). The van der Waals surface area contributed by atoms with Gasteiger partial charge in [0.1, 0.15) is 5.75 Å². The summed E-state index contributed by atoms with van der Waals surface area (Å²) in [6, 6.07) is 9.49. The first kappa shape index (κ1) is 20.2. The Morgan fingerprint density at radius 1 is 1.36 bits per heavy atom. The lowest BCUT2D eigenvalue weighted by Crippen LogP contribution is -2.41. The van der Waals surface area contributed by atoms with Gasteiger partial charge in [-0.05, 0) is 30.5 Å². The van der Waals surface area contributed by atoms with Gasteiger partial charge in [-0.1, -0.05) is 17.8 Å². The highest BCUT2D eigenvalue weighted by molar-refractivity contribution is 7.99. The third-order valence-corrected chi connectivity index (χ3v) is 5.84. The van der Waals surface area contributed by atoms with E-state index in [1.807, 2.05) is 42.6 Å². The molecule has 28 heavy (non-hydrogen) atoms. The van der Waals surface area contributed by atoms with E-state index in [-0.39, 0.29) is 24.1 Å². The highest BCUT2D eigenvalue weighted by Gasteiger charge is 2.16. The van der Waals surface area contributed by atoms with Crippen LogP contribution < -0.4 is 10.1 Å². The summed E-state index contributed by atoms with van der Waals surface area (Å²) in [5, 5.41) is 5.48. The van der Waals surface area contributed by atoms with Gasteiger partial charge < -0.3 is 19.9 Å². The largest absolute Gasteiger partial charge is 0.497 e. The minimum Gasteiger partial charge on any atom is -0.497 e. The molecule has 3 aromatic rings. The quantitative estimate of drug-likeness (QED) is 0.522. The van der Waals surface area contributed by atoms with E-state index in [1.165, 1.54) is 11.8 Å². The van der Waals surface area contributed by atoms with Gasteiger partial charge in [-0.15, -0.1) is 11.3 Å². The summed E-state index contributed by atoms with van der Waals surface area (Å²) in [5.41, 5.74) is 1.67. The number of hydrogen-bond donors (Lipinski definition) is 2. The van der Waals surface area contributed by atoms with Gasteiger partial charge in [0, 0.05) is 17.5 Å². The molecular weight excluding hydrogens is 396 g/mol. The lowest BCUT2D eigenvalue weighted by Gasteiger charge is -2.19.